The first-order valence-electron chi connectivity index (χ1n) is 7.93. The topological polar surface area (TPSA) is 75.9 Å². The molecule has 2 amide bonds. The number of benzene rings is 1. The standard InChI is InChI=1S/C17H25N3O3/c1-13(18)10-16(21)19-6-8-20(9-7-19)17(22)12-14-4-3-5-15(11-14)23-2/h3-5,11,13H,6-10,12,18H2,1-2H3. The van der Waals surface area contributed by atoms with Crippen molar-refractivity contribution < 1.29 is 14.3 Å². The van der Waals surface area contributed by atoms with Crippen molar-refractivity contribution >= 4 is 11.8 Å². The van der Waals surface area contributed by atoms with Gasteiger partial charge in [-0.15, -0.1) is 0 Å². The fourth-order valence-corrected chi connectivity index (χ4v) is 2.68. The highest BCUT2D eigenvalue weighted by atomic mass is 16.5. The van der Waals surface area contributed by atoms with Crippen molar-refractivity contribution in [3.8, 4) is 5.75 Å². The number of piperazine rings is 1. The first-order valence-corrected chi connectivity index (χ1v) is 7.93. The molecule has 0 spiro atoms. The van der Waals surface area contributed by atoms with E-state index in [1.165, 1.54) is 0 Å². The van der Waals surface area contributed by atoms with Crippen LogP contribution in [0.4, 0.5) is 0 Å². The molecule has 2 N–H and O–H groups in total. The van der Waals surface area contributed by atoms with Gasteiger partial charge in [0, 0.05) is 38.6 Å². The molecule has 0 aliphatic carbocycles. The molecule has 0 aromatic heterocycles. The van der Waals surface area contributed by atoms with Gasteiger partial charge in [0.2, 0.25) is 11.8 Å². The molecular weight excluding hydrogens is 294 g/mol. The number of methoxy groups -OCH3 is 1. The lowest BCUT2D eigenvalue weighted by atomic mass is 10.1. The summed E-state index contributed by atoms with van der Waals surface area (Å²) in [6.07, 6.45) is 0.711. The van der Waals surface area contributed by atoms with Crippen molar-refractivity contribution in [2.24, 2.45) is 5.73 Å². The fraction of sp³-hybridized carbons (Fsp3) is 0.529. The van der Waals surface area contributed by atoms with Gasteiger partial charge in [-0.2, -0.15) is 0 Å². The van der Waals surface area contributed by atoms with Crippen LogP contribution in [0.5, 0.6) is 5.75 Å². The Kier molecular flexibility index (Phi) is 5.98. The Hall–Kier alpha value is -2.08. The molecule has 1 aliphatic heterocycles. The predicted octanol–water partition coefficient (Wildman–Crippen LogP) is 0.646. The van der Waals surface area contributed by atoms with E-state index in [2.05, 4.69) is 0 Å². The van der Waals surface area contributed by atoms with Gasteiger partial charge >= 0.3 is 0 Å². The maximum absolute atomic E-state index is 12.4. The van der Waals surface area contributed by atoms with Crippen molar-refractivity contribution in [2.45, 2.75) is 25.8 Å². The fourth-order valence-electron chi connectivity index (χ4n) is 2.68. The molecule has 1 aromatic rings. The van der Waals surface area contributed by atoms with Crippen LogP contribution in [0, 0.1) is 0 Å². The highest BCUT2D eigenvalue weighted by Crippen LogP contribution is 2.14. The first kappa shape index (κ1) is 17.3. The second-order valence-electron chi connectivity index (χ2n) is 5.97. The molecule has 0 saturated carbocycles. The molecule has 1 aromatic carbocycles. The third kappa shape index (κ3) is 4.96. The van der Waals surface area contributed by atoms with E-state index in [-0.39, 0.29) is 17.9 Å². The zero-order valence-electron chi connectivity index (χ0n) is 13.8. The number of nitrogens with two attached hydrogens (primary N) is 1. The monoisotopic (exact) mass is 319 g/mol. The van der Waals surface area contributed by atoms with Gasteiger partial charge < -0.3 is 20.3 Å². The molecule has 1 heterocycles. The average Bonchev–Trinajstić information content (AvgIpc) is 2.54. The predicted molar refractivity (Wildman–Crippen MR) is 88.1 cm³/mol. The van der Waals surface area contributed by atoms with Gasteiger partial charge in [-0.3, -0.25) is 9.59 Å². The Labute approximate surface area is 137 Å². The Morgan fingerprint density at radius 1 is 1.17 bits per heavy atom. The second-order valence-corrected chi connectivity index (χ2v) is 5.97. The molecule has 1 fully saturated rings. The van der Waals surface area contributed by atoms with E-state index in [1.54, 1.807) is 12.0 Å². The Morgan fingerprint density at radius 3 is 2.35 bits per heavy atom. The molecule has 1 saturated heterocycles. The largest absolute Gasteiger partial charge is 0.497 e. The molecule has 126 valence electrons. The summed E-state index contributed by atoms with van der Waals surface area (Å²) >= 11 is 0. The molecule has 1 unspecified atom stereocenters. The van der Waals surface area contributed by atoms with Crippen LogP contribution in [0.3, 0.4) is 0 Å². The SMILES string of the molecule is COc1cccc(CC(=O)N2CCN(C(=O)CC(C)N)CC2)c1. The summed E-state index contributed by atoms with van der Waals surface area (Å²) in [6.45, 7) is 4.14. The molecule has 0 bridgehead atoms. The summed E-state index contributed by atoms with van der Waals surface area (Å²) in [5.41, 5.74) is 6.60. The zero-order chi connectivity index (χ0) is 16.8. The number of ether oxygens (including phenoxy) is 1. The van der Waals surface area contributed by atoms with Crippen LogP contribution in [-0.2, 0) is 16.0 Å². The molecular formula is C17H25N3O3. The van der Waals surface area contributed by atoms with Crippen LogP contribution in [-0.4, -0.2) is 60.9 Å². The second kappa shape index (κ2) is 7.97. The summed E-state index contributed by atoms with van der Waals surface area (Å²) in [6, 6.07) is 7.40. The van der Waals surface area contributed by atoms with Crippen LogP contribution in [0.15, 0.2) is 24.3 Å². The van der Waals surface area contributed by atoms with Crippen molar-refractivity contribution in [3.05, 3.63) is 29.8 Å². The van der Waals surface area contributed by atoms with Crippen LogP contribution in [0.25, 0.3) is 0 Å². The van der Waals surface area contributed by atoms with Crippen molar-refractivity contribution in [2.75, 3.05) is 33.3 Å². The van der Waals surface area contributed by atoms with Gasteiger partial charge in [0.15, 0.2) is 0 Å². The number of carbonyl (C=O) groups excluding carboxylic acids is 2. The first-order chi connectivity index (χ1) is 11.0. The number of nitrogens with zero attached hydrogens (tertiary/aromatic N) is 2. The normalized spacial score (nSPS) is 16.1. The quantitative estimate of drug-likeness (QED) is 0.864. The van der Waals surface area contributed by atoms with E-state index in [9.17, 15) is 9.59 Å². The molecule has 6 heteroatoms. The number of rotatable bonds is 5. The van der Waals surface area contributed by atoms with Crippen molar-refractivity contribution in [1.29, 1.82) is 0 Å². The number of amides is 2. The third-order valence-corrected chi connectivity index (χ3v) is 3.97. The zero-order valence-corrected chi connectivity index (χ0v) is 13.8. The molecule has 0 radical (unpaired) electrons. The Bertz CT molecular complexity index is 552. The highest BCUT2D eigenvalue weighted by molar-refractivity contribution is 5.80. The summed E-state index contributed by atoms with van der Waals surface area (Å²) in [5, 5.41) is 0. The van der Waals surface area contributed by atoms with E-state index < -0.39 is 0 Å². The molecule has 6 nitrogen and oxygen atoms in total. The smallest absolute Gasteiger partial charge is 0.227 e. The van der Waals surface area contributed by atoms with E-state index in [1.807, 2.05) is 36.1 Å². The van der Waals surface area contributed by atoms with Gasteiger partial charge in [0.1, 0.15) is 5.75 Å². The Balaban J connectivity index is 1.84. The van der Waals surface area contributed by atoms with Gasteiger partial charge in [-0.1, -0.05) is 12.1 Å². The lowest BCUT2D eigenvalue weighted by molar-refractivity contribution is -0.139. The maximum Gasteiger partial charge on any atom is 0.227 e. The number of hydrogen-bond donors (Lipinski definition) is 1. The summed E-state index contributed by atoms with van der Waals surface area (Å²) < 4.78 is 5.17. The van der Waals surface area contributed by atoms with Crippen LogP contribution in [0.2, 0.25) is 0 Å². The van der Waals surface area contributed by atoms with Gasteiger partial charge in [-0.05, 0) is 24.6 Å². The lowest BCUT2D eigenvalue weighted by Crippen LogP contribution is -2.51. The molecule has 23 heavy (non-hydrogen) atoms. The van der Waals surface area contributed by atoms with Gasteiger partial charge in [-0.25, -0.2) is 0 Å². The minimum atomic E-state index is -0.129. The lowest BCUT2D eigenvalue weighted by Gasteiger charge is -2.35. The molecule has 1 aliphatic rings. The highest BCUT2D eigenvalue weighted by Gasteiger charge is 2.24. The maximum atomic E-state index is 12.4. The van der Waals surface area contributed by atoms with E-state index in [4.69, 9.17) is 10.5 Å². The van der Waals surface area contributed by atoms with Crippen LogP contribution >= 0.6 is 0 Å². The minimum Gasteiger partial charge on any atom is -0.497 e. The average molecular weight is 319 g/mol. The third-order valence-electron chi connectivity index (χ3n) is 3.97. The summed E-state index contributed by atoms with van der Waals surface area (Å²) in [5.74, 6) is 0.902. The van der Waals surface area contributed by atoms with Crippen LogP contribution in [0.1, 0.15) is 18.9 Å². The number of carbonyl (C=O) groups is 2. The summed E-state index contributed by atoms with van der Waals surface area (Å²) in [7, 11) is 1.61. The Morgan fingerprint density at radius 2 is 1.78 bits per heavy atom. The van der Waals surface area contributed by atoms with Crippen molar-refractivity contribution in [1.82, 2.24) is 9.80 Å². The van der Waals surface area contributed by atoms with E-state index in [0.29, 0.717) is 39.0 Å². The molecule has 2 rings (SSSR count). The van der Waals surface area contributed by atoms with E-state index in [0.717, 1.165) is 11.3 Å². The minimum absolute atomic E-state index is 0.0693. The van der Waals surface area contributed by atoms with Gasteiger partial charge in [0.05, 0.1) is 13.5 Å². The summed E-state index contributed by atoms with van der Waals surface area (Å²) in [4.78, 5) is 28.0. The van der Waals surface area contributed by atoms with Gasteiger partial charge in [0.25, 0.3) is 0 Å². The van der Waals surface area contributed by atoms with Crippen LogP contribution < -0.4 is 10.5 Å². The van der Waals surface area contributed by atoms with E-state index >= 15 is 0 Å². The molecule has 1 atom stereocenters. The van der Waals surface area contributed by atoms with Crippen molar-refractivity contribution in [3.63, 3.8) is 0 Å². The number of hydrogen-bond acceptors (Lipinski definition) is 4.